The molecule has 6 nitrogen and oxygen atoms in total. The topological polar surface area (TPSA) is 63.2 Å². The van der Waals surface area contributed by atoms with Gasteiger partial charge >= 0.3 is 6.16 Å². The van der Waals surface area contributed by atoms with E-state index in [0.29, 0.717) is 30.1 Å². The lowest BCUT2D eigenvalue weighted by atomic mass is 9.58. The molecule has 0 aromatic rings. The van der Waals surface area contributed by atoms with Gasteiger partial charge in [0.1, 0.15) is 21.7 Å². The summed E-state index contributed by atoms with van der Waals surface area (Å²) in [5.74, 6) is -0.477. The fourth-order valence-corrected chi connectivity index (χ4v) is 6.79. The van der Waals surface area contributed by atoms with Gasteiger partial charge in [-0.1, -0.05) is 41.5 Å². The minimum absolute atomic E-state index is 0.00365. The normalized spacial score (nSPS) is 41.8. The van der Waals surface area contributed by atoms with E-state index < -0.39 is 23.1 Å². The fourth-order valence-electron chi connectivity index (χ4n) is 5.93. The number of carbonyl (C=O) groups is 1. The number of methoxy groups -OCH3 is 1. The average Bonchev–Trinajstić information content (AvgIpc) is 2.99. The molecular formula is C21H38O6Si. The van der Waals surface area contributed by atoms with Gasteiger partial charge in [0.05, 0.1) is 20.3 Å². The van der Waals surface area contributed by atoms with Crippen molar-refractivity contribution in [3.63, 3.8) is 0 Å². The van der Waals surface area contributed by atoms with Crippen molar-refractivity contribution in [3.8, 4) is 0 Å². The molecule has 0 bridgehead atoms. The van der Waals surface area contributed by atoms with Crippen molar-refractivity contribution in [1.82, 2.24) is 0 Å². The average molecular weight is 415 g/mol. The van der Waals surface area contributed by atoms with E-state index >= 15 is 0 Å². The molecule has 0 N–H and O–H groups in total. The lowest BCUT2D eigenvalue weighted by molar-refractivity contribution is -0.307. The highest BCUT2D eigenvalue weighted by molar-refractivity contribution is 5.98. The Bertz CT molecular complexity index is 633. The van der Waals surface area contributed by atoms with Crippen LogP contribution >= 0.6 is 0 Å². The first kappa shape index (κ1) is 22.1. The van der Waals surface area contributed by atoms with E-state index in [2.05, 4.69) is 41.5 Å². The molecule has 1 saturated heterocycles. The smallest absolute Gasteiger partial charge is 0.438 e. The molecule has 1 spiro atoms. The third-order valence-electron chi connectivity index (χ3n) is 8.19. The second kappa shape index (κ2) is 6.43. The van der Waals surface area contributed by atoms with Gasteiger partial charge in [0.15, 0.2) is 5.79 Å². The van der Waals surface area contributed by atoms with Crippen molar-refractivity contribution in [2.24, 2.45) is 22.2 Å². The Morgan fingerprint density at radius 3 is 2.11 bits per heavy atom. The van der Waals surface area contributed by atoms with E-state index in [-0.39, 0.29) is 22.2 Å². The van der Waals surface area contributed by atoms with Crippen LogP contribution in [0.4, 0.5) is 4.79 Å². The number of ether oxygens (including phenoxy) is 4. The van der Waals surface area contributed by atoms with Crippen molar-refractivity contribution >= 4 is 16.6 Å². The van der Waals surface area contributed by atoms with Crippen LogP contribution in [0.25, 0.3) is 0 Å². The van der Waals surface area contributed by atoms with Crippen LogP contribution in [0, 0.1) is 22.2 Å². The highest BCUT2D eigenvalue weighted by Crippen LogP contribution is 2.71. The lowest BCUT2D eigenvalue weighted by Gasteiger charge is -2.55. The summed E-state index contributed by atoms with van der Waals surface area (Å²) in [4.78, 5) is 12.3. The monoisotopic (exact) mass is 414 g/mol. The quantitative estimate of drug-likeness (QED) is 0.511. The van der Waals surface area contributed by atoms with Crippen LogP contribution in [0.3, 0.4) is 0 Å². The largest absolute Gasteiger partial charge is 0.508 e. The Morgan fingerprint density at radius 1 is 1.07 bits per heavy atom. The summed E-state index contributed by atoms with van der Waals surface area (Å²) < 4.78 is 30.1. The second-order valence-electron chi connectivity index (χ2n) is 11.2. The van der Waals surface area contributed by atoms with Gasteiger partial charge in [-0.05, 0) is 24.7 Å². The zero-order valence-electron chi connectivity index (χ0n) is 19.1. The second-order valence-corrected chi connectivity index (χ2v) is 11.6. The molecular weight excluding hydrogens is 376 g/mol. The maximum atomic E-state index is 12.3. The summed E-state index contributed by atoms with van der Waals surface area (Å²) in [5.41, 5.74) is -1.89. The number of hydrogen-bond acceptors (Lipinski definition) is 6. The fraction of sp³-hybridized carbons (Fsp3) is 0.952. The highest BCUT2D eigenvalue weighted by atomic mass is 28.2. The first-order valence-corrected chi connectivity index (χ1v) is 11.1. The van der Waals surface area contributed by atoms with Crippen molar-refractivity contribution < 1.29 is 28.2 Å². The molecule has 1 heterocycles. The van der Waals surface area contributed by atoms with Crippen LogP contribution in [0.2, 0.25) is 0 Å². The van der Waals surface area contributed by atoms with Crippen LogP contribution in [0.5, 0.6) is 0 Å². The van der Waals surface area contributed by atoms with Gasteiger partial charge in [0.25, 0.3) is 0 Å². The summed E-state index contributed by atoms with van der Waals surface area (Å²) >= 11 is 0. The zero-order valence-corrected chi connectivity index (χ0v) is 21.1. The summed E-state index contributed by atoms with van der Waals surface area (Å²) in [7, 11) is 1.89. The molecule has 2 saturated carbocycles. The van der Waals surface area contributed by atoms with Gasteiger partial charge < -0.3 is 23.4 Å². The molecule has 3 fully saturated rings. The first-order chi connectivity index (χ1) is 12.7. The van der Waals surface area contributed by atoms with Gasteiger partial charge in [0.2, 0.25) is 0 Å². The number of hydrogen-bond donors (Lipinski definition) is 0. The van der Waals surface area contributed by atoms with Gasteiger partial charge in [-0.25, -0.2) is 4.79 Å². The van der Waals surface area contributed by atoms with Crippen LogP contribution in [0.15, 0.2) is 0 Å². The molecule has 28 heavy (non-hydrogen) atoms. The molecule has 0 amide bonds. The predicted octanol–water partition coefficient (Wildman–Crippen LogP) is 3.20. The van der Waals surface area contributed by atoms with Crippen molar-refractivity contribution in [3.05, 3.63) is 0 Å². The SMILES string of the molecule is COC(=O)O[C@]1(C)[C@]2(O[SiH3])CC3(C[C@@H]2C[C@@]1(C)C(C)(C)C)OCC(C)(C)CO3. The third-order valence-corrected chi connectivity index (χ3v) is 8.92. The molecule has 162 valence electrons. The van der Waals surface area contributed by atoms with Gasteiger partial charge in [-0.2, -0.15) is 0 Å². The standard InChI is InChI=1S/C21H38O6Si/c1-16(2,3)18(6)9-14-10-20(24-12-17(4,5)13-25-20)11-21(14,27-28)19(18,7)26-15(22)23-8/h14H,9-13H2,1-8,28H3/t14-,18-,19-,21-/m0/s1. The van der Waals surface area contributed by atoms with E-state index in [9.17, 15) is 4.79 Å². The van der Waals surface area contributed by atoms with Crippen LogP contribution in [-0.2, 0) is 23.4 Å². The number of rotatable bonds is 2. The van der Waals surface area contributed by atoms with Crippen molar-refractivity contribution in [1.29, 1.82) is 0 Å². The Labute approximate surface area is 172 Å². The third kappa shape index (κ3) is 2.88. The maximum Gasteiger partial charge on any atom is 0.508 e. The summed E-state index contributed by atoms with van der Waals surface area (Å²) in [5, 5.41) is 0. The van der Waals surface area contributed by atoms with Crippen LogP contribution in [0.1, 0.15) is 67.7 Å². The number of fused-ring (bicyclic) bond motifs is 1. The summed E-state index contributed by atoms with van der Waals surface area (Å²) in [6, 6.07) is 0. The Balaban J connectivity index is 2.04. The zero-order chi connectivity index (χ0) is 21.2. The molecule has 2 aliphatic carbocycles. The van der Waals surface area contributed by atoms with Gasteiger partial charge in [0, 0.05) is 23.7 Å². The molecule has 7 heteroatoms. The van der Waals surface area contributed by atoms with E-state index in [0.717, 1.165) is 12.8 Å². The summed E-state index contributed by atoms with van der Waals surface area (Å²) in [6.45, 7) is 16.5. The first-order valence-electron chi connectivity index (χ1n) is 10.3. The van der Waals surface area contributed by atoms with Crippen LogP contribution < -0.4 is 0 Å². The molecule has 0 radical (unpaired) electrons. The van der Waals surface area contributed by atoms with Crippen molar-refractivity contribution in [2.75, 3.05) is 20.3 Å². The van der Waals surface area contributed by atoms with Gasteiger partial charge in [-0.15, -0.1) is 0 Å². The lowest BCUT2D eigenvalue weighted by Crippen LogP contribution is -2.64. The van der Waals surface area contributed by atoms with E-state index in [1.54, 1.807) is 0 Å². The minimum Gasteiger partial charge on any atom is -0.438 e. The number of carbonyl (C=O) groups excluding carboxylic acids is 1. The molecule has 3 aliphatic rings. The Kier molecular flexibility index (Phi) is 5.07. The highest BCUT2D eigenvalue weighted by Gasteiger charge is 2.78. The molecule has 4 atom stereocenters. The summed E-state index contributed by atoms with van der Waals surface area (Å²) in [6.07, 6.45) is 1.55. The molecule has 1 aliphatic heterocycles. The molecule has 3 rings (SSSR count). The Morgan fingerprint density at radius 2 is 1.64 bits per heavy atom. The van der Waals surface area contributed by atoms with Gasteiger partial charge in [-0.3, -0.25) is 0 Å². The van der Waals surface area contributed by atoms with E-state index in [4.69, 9.17) is 23.4 Å². The maximum absolute atomic E-state index is 12.3. The molecule has 0 aromatic heterocycles. The Hall–Kier alpha value is -0.633. The molecule has 0 unspecified atom stereocenters. The minimum atomic E-state index is -0.860. The van der Waals surface area contributed by atoms with Crippen LogP contribution in [-0.4, -0.2) is 54.0 Å². The van der Waals surface area contributed by atoms with E-state index in [1.807, 2.05) is 6.92 Å². The predicted molar refractivity (Wildman–Crippen MR) is 109 cm³/mol. The molecule has 0 aromatic carbocycles. The van der Waals surface area contributed by atoms with E-state index in [1.165, 1.54) is 7.11 Å². The van der Waals surface area contributed by atoms with Crippen molar-refractivity contribution in [2.45, 2.75) is 84.7 Å².